The monoisotopic (exact) mass is 360 g/mol. The van der Waals surface area contributed by atoms with Gasteiger partial charge in [-0.1, -0.05) is 30.3 Å². The number of amides is 1. The molecule has 0 fully saturated rings. The van der Waals surface area contributed by atoms with Gasteiger partial charge in [-0.05, 0) is 30.7 Å². The number of aryl methyl sites for hydroxylation is 1. The minimum atomic E-state index is -0.103. The Balaban J connectivity index is 1.54. The number of rotatable bonds is 5. The van der Waals surface area contributed by atoms with Crippen LogP contribution in [-0.2, 0) is 13.1 Å². The smallest absolute Gasteiger partial charge is 0.255 e. The van der Waals surface area contributed by atoms with Crippen LogP contribution in [0.3, 0.4) is 0 Å². The van der Waals surface area contributed by atoms with E-state index in [1.54, 1.807) is 24.3 Å². The second kappa shape index (κ2) is 7.07. The number of aromatic nitrogens is 3. The number of nitrogens with zero attached hydrogens (tertiary/aromatic N) is 4. The second-order valence-electron chi connectivity index (χ2n) is 6.60. The Labute approximate surface area is 157 Å². The second-order valence-corrected chi connectivity index (χ2v) is 6.60. The number of pyridine rings is 1. The van der Waals surface area contributed by atoms with Crippen LogP contribution >= 0.6 is 0 Å². The van der Waals surface area contributed by atoms with Crippen LogP contribution < -0.4 is 0 Å². The van der Waals surface area contributed by atoms with Gasteiger partial charge in [0.05, 0.1) is 24.8 Å². The number of hydrogen-bond acceptors (Lipinski definition) is 4. The molecule has 0 atom stereocenters. The molecule has 0 saturated heterocycles. The third-order valence-corrected chi connectivity index (χ3v) is 4.43. The van der Waals surface area contributed by atoms with Crippen molar-refractivity contribution >= 4 is 16.9 Å². The first-order chi connectivity index (χ1) is 13.1. The Bertz CT molecular complexity index is 1080. The van der Waals surface area contributed by atoms with Crippen molar-refractivity contribution in [1.29, 1.82) is 0 Å². The highest BCUT2D eigenvalue weighted by Crippen LogP contribution is 2.17. The first-order valence-electron chi connectivity index (χ1n) is 8.76. The lowest BCUT2D eigenvalue weighted by molar-refractivity contribution is 0.0775. The van der Waals surface area contributed by atoms with Crippen molar-refractivity contribution in [2.75, 3.05) is 7.05 Å². The topological polar surface area (TPSA) is 64.2 Å². The van der Waals surface area contributed by atoms with Gasteiger partial charge in [0.15, 0.2) is 5.65 Å². The predicted molar refractivity (Wildman–Crippen MR) is 102 cm³/mol. The maximum absolute atomic E-state index is 12.7. The Hall–Kier alpha value is -3.41. The van der Waals surface area contributed by atoms with Crippen LogP contribution in [0, 0.1) is 6.92 Å². The van der Waals surface area contributed by atoms with Gasteiger partial charge < -0.3 is 9.32 Å². The van der Waals surface area contributed by atoms with Gasteiger partial charge in [0.1, 0.15) is 11.5 Å². The van der Waals surface area contributed by atoms with E-state index in [1.807, 2.05) is 48.0 Å². The van der Waals surface area contributed by atoms with E-state index >= 15 is 0 Å². The number of fused-ring (bicyclic) bond motifs is 1. The van der Waals surface area contributed by atoms with Gasteiger partial charge in [0.2, 0.25) is 0 Å². The zero-order valence-electron chi connectivity index (χ0n) is 15.3. The van der Waals surface area contributed by atoms with Crippen LogP contribution in [0.4, 0.5) is 0 Å². The fourth-order valence-electron chi connectivity index (χ4n) is 3.06. The molecule has 0 unspecified atom stereocenters. The molecule has 0 aliphatic rings. The molecule has 0 spiro atoms. The summed E-state index contributed by atoms with van der Waals surface area (Å²) in [5.41, 5.74) is 2.45. The number of benzene rings is 1. The first kappa shape index (κ1) is 17.0. The van der Waals surface area contributed by atoms with E-state index in [-0.39, 0.29) is 5.91 Å². The maximum atomic E-state index is 12.7. The summed E-state index contributed by atoms with van der Waals surface area (Å²) in [7, 11) is 1.75. The molecule has 0 saturated carbocycles. The molecule has 0 bridgehead atoms. The third kappa shape index (κ3) is 3.60. The molecule has 3 heterocycles. The number of furan rings is 1. The van der Waals surface area contributed by atoms with Crippen molar-refractivity contribution in [1.82, 2.24) is 19.7 Å². The van der Waals surface area contributed by atoms with Crippen molar-refractivity contribution in [2.45, 2.75) is 20.0 Å². The summed E-state index contributed by atoms with van der Waals surface area (Å²) in [6.07, 6.45) is 3.36. The van der Waals surface area contributed by atoms with Crippen LogP contribution in [-0.4, -0.2) is 32.6 Å². The minimum absolute atomic E-state index is 0.103. The fraction of sp³-hybridized carbons (Fsp3) is 0.190. The molecule has 1 amide bonds. The summed E-state index contributed by atoms with van der Waals surface area (Å²) in [5.74, 6) is 1.49. The average Bonchev–Trinajstić information content (AvgIpc) is 3.27. The van der Waals surface area contributed by atoms with E-state index < -0.39 is 0 Å². The van der Waals surface area contributed by atoms with E-state index in [4.69, 9.17) is 4.42 Å². The maximum Gasteiger partial charge on any atom is 0.255 e. The molecule has 3 aromatic heterocycles. The largest absolute Gasteiger partial charge is 0.464 e. The van der Waals surface area contributed by atoms with Crippen LogP contribution in [0.2, 0.25) is 0 Å². The molecule has 0 N–H and O–H groups in total. The third-order valence-electron chi connectivity index (χ3n) is 4.43. The Morgan fingerprint density at radius 2 is 1.96 bits per heavy atom. The molecule has 0 aliphatic heterocycles. The normalized spacial score (nSPS) is 11.0. The van der Waals surface area contributed by atoms with Crippen molar-refractivity contribution < 1.29 is 9.21 Å². The summed E-state index contributed by atoms with van der Waals surface area (Å²) in [4.78, 5) is 18.8. The first-order valence-corrected chi connectivity index (χ1v) is 8.76. The molecule has 0 radical (unpaired) electrons. The zero-order chi connectivity index (χ0) is 18.8. The van der Waals surface area contributed by atoms with Gasteiger partial charge in [-0.2, -0.15) is 5.10 Å². The molecular formula is C21H20N4O2. The minimum Gasteiger partial charge on any atom is -0.464 e. The summed E-state index contributed by atoms with van der Waals surface area (Å²) in [5, 5.41) is 5.27. The van der Waals surface area contributed by atoms with E-state index in [0.717, 1.165) is 28.1 Å². The fourth-order valence-corrected chi connectivity index (χ4v) is 3.06. The molecule has 27 heavy (non-hydrogen) atoms. The van der Waals surface area contributed by atoms with Gasteiger partial charge in [-0.15, -0.1) is 0 Å². The van der Waals surface area contributed by atoms with E-state index in [0.29, 0.717) is 18.7 Å². The highest BCUT2D eigenvalue weighted by atomic mass is 16.3. The average molecular weight is 360 g/mol. The van der Waals surface area contributed by atoms with Crippen LogP contribution in [0.15, 0.2) is 65.3 Å². The predicted octanol–water partition coefficient (Wildman–Crippen LogP) is 3.65. The van der Waals surface area contributed by atoms with Gasteiger partial charge in [0, 0.05) is 18.6 Å². The SMILES string of the molecule is Cc1ccc(CN(C)C(=O)c2cnc3c(cnn3Cc3ccccc3)c2)o1. The number of hydrogen-bond donors (Lipinski definition) is 0. The van der Waals surface area contributed by atoms with Crippen molar-refractivity contribution in [2.24, 2.45) is 0 Å². The lowest BCUT2D eigenvalue weighted by Gasteiger charge is -2.15. The molecule has 136 valence electrons. The zero-order valence-corrected chi connectivity index (χ0v) is 15.3. The molecule has 6 heteroatoms. The van der Waals surface area contributed by atoms with Gasteiger partial charge in [-0.3, -0.25) is 4.79 Å². The molecule has 0 aliphatic carbocycles. The van der Waals surface area contributed by atoms with Gasteiger partial charge >= 0.3 is 0 Å². The van der Waals surface area contributed by atoms with E-state index in [2.05, 4.69) is 22.2 Å². The lowest BCUT2D eigenvalue weighted by Crippen LogP contribution is -2.26. The number of carbonyl (C=O) groups excluding carboxylic acids is 1. The molecule has 4 aromatic rings. The Morgan fingerprint density at radius 1 is 1.15 bits per heavy atom. The van der Waals surface area contributed by atoms with Crippen LogP contribution in [0.25, 0.3) is 11.0 Å². The quantitative estimate of drug-likeness (QED) is 0.545. The van der Waals surface area contributed by atoms with Crippen molar-refractivity contribution in [3.8, 4) is 0 Å². The summed E-state index contributed by atoms with van der Waals surface area (Å²) in [6.45, 7) is 2.94. The van der Waals surface area contributed by atoms with Crippen molar-refractivity contribution in [3.63, 3.8) is 0 Å². The lowest BCUT2D eigenvalue weighted by atomic mass is 10.2. The van der Waals surface area contributed by atoms with Crippen LogP contribution in [0.1, 0.15) is 27.4 Å². The highest BCUT2D eigenvalue weighted by Gasteiger charge is 2.16. The summed E-state index contributed by atoms with van der Waals surface area (Å²) < 4.78 is 7.39. The molecular weight excluding hydrogens is 340 g/mol. The van der Waals surface area contributed by atoms with Gasteiger partial charge in [0.25, 0.3) is 5.91 Å². The van der Waals surface area contributed by atoms with E-state index in [9.17, 15) is 4.79 Å². The molecule has 4 rings (SSSR count). The van der Waals surface area contributed by atoms with E-state index in [1.165, 1.54) is 0 Å². The summed E-state index contributed by atoms with van der Waals surface area (Å²) >= 11 is 0. The number of carbonyl (C=O) groups is 1. The Kier molecular flexibility index (Phi) is 4.46. The Morgan fingerprint density at radius 3 is 2.70 bits per heavy atom. The van der Waals surface area contributed by atoms with Gasteiger partial charge in [-0.25, -0.2) is 9.67 Å². The highest BCUT2D eigenvalue weighted by molar-refractivity contribution is 5.96. The molecule has 6 nitrogen and oxygen atoms in total. The molecule has 1 aromatic carbocycles. The summed E-state index contributed by atoms with van der Waals surface area (Å²) in [6, 6.07) is 15.7. The van der Waals surface area contributed by atoms with Crippen LogP contribution in [0.5, 0.6) is 0 Å². The van der Waals surface area contributed by atoms with Crippen molar-refractivity contribution in [3.05, 3.63) is 83.6 Å². The standard InChI is InChI=1S/C21H20N4O2/c1-15-8-9-19(27-15)14-24(2)21(26)18-10-17-12-23-25(20(17)22-11-18)13-16-6-4-3-5-7-16/h3-12H,13-14H2,1-2H3.